The number of benzene rings is 2. The second-order valence-electron chi connectivity index (χ2n) is 7.05. The molecule has 0 bridgehead atoms. The van der Waals surface area contributed by atoms with Crippen LogP contribution in [0, 0.1) is 21.4 Å². The van der Waals surface area contributed by atoms with Gasteiger partial charge < -0.3 is 10.5 Å². The molecule has 2 atom stereocenters. The first-order chi connectivity index (χ1) is 14.0. The van der Waals surface area contributed by atoms with Gasteiger partial charge in [0, 0.05) is 30.5 Å². The molecule has 0 fully saturated rings. The van der Waals surface area contributed by atoms with Crippen LogP contribution in [0.2, 0.25) is 0 Å². The number of carbonyl (C=O) groups excluding carboxylic acids is 1. The fraction of sp³-hybridized carbons (Fsp3) is 0.182. The van der Waals surface area contributed by atoms with Gasteiger partial charge in [-0.25, -0.2) is 0 Å². The molecule has 2 N–H and O–H groups in total. The predicted octanol–water partition coefficient (Wildman–Crippen LogP) is 3.80. The molecular formula is C22H17N3O4. The zero-order chi connectivity index (χ0) is 20.5. The van der Waals surface area contributed by atoms with Gasteiger partial charge in [-0.3, -0.25) is 14.9 Å². The van der Waals surface area contributed by atoms with Crippen LogP contribution >= 0.6 is 0 Å². The molecule has 0 radical (unpaired) electrons. The predicted molar refractivity (Wildman–Crippen MR) is 104 cm³/mol. The summed E-state index contributed by atoms with van der Waals surface area (Å²) in [5.41, 5.74) is 7.85. The van der Waals surface area contributed by atoms with Crippen LogP contribution in [0.3, 0.4) is 0 Å². The monoisotopic (exact) mass is 387 g/mol. The molecule has 7 nitrogen and oxygen atoms in total. The maximum atomic E-state index is 13.1. The number of Topliss-reactive ketones (excluding diaryl/α,β-unsaturated/α-hetero) is 1. The molecule has 1 aliphatic carbocycles. The lowest BCUT2D eigenvalue weighted by molar-refractivity contribution is -0.384. The molecule has 1 heterocycles. The lowest BCUT2D eigenvalue weighted by Gasteiger charge is -2.34. The number of rotatable bonds is 3. The maximum Gasteiger partial charge on any atom is 0.269 e. The number of nitro benzene ring substituents is 1. The van der Waals surface area contributed by atoms with Gasteiger partial charge >= 0.3 is 0 Å². The Morgan fingerprint density at radius 1 is 1.10 bits per heavy atom. The highest BCUT2D eigenvalue weighted by atomic mass is 16.6. The molecule has 7 heteroatoms. The van der Waals surface area contributed by atoms with Gasteiger partial charge in [0.1, 0.15) is 17.4 Å². The first-order valence-corrected chi connectivity index (χ1v) is 9.12. The van der Waals surface area contributed by atoms with E-state index in [2.05, 4.69) is 0 Å². The molecule has 4 rings (SSSR count). The number of hydrogen-bond donors (Lipinski definition) is 1. The Morgan fingerprint density at radius 2 is 1.83 bits per heavy atom. The summed E-state index contributed by atoms with van der Waals surface area (Å²) in [7, 11) is 0. The number of ether oxygens (including phenoxy) is 1. The average molecular weight is 387 g/mol. The number of nitro groups is 1. The summed E-state index contributed by atoms with van der Waals surface area (Å²) >= 11 is 0. The number of nitrogens with two attached hydrogens (primary N) is 1. The van der Waals surface area contributed by atoms with E-state index in [1.165, 1.54) is 18.2 Å². The zero-order valence-corrected chi connectivity index (χ0v) is 15.4. The van der Waals surface area contributed by atoms with Gasteiger partial charge in [-0.05, 0) is 17.0 Å². The van der Waals surface area contributed by atoms with E-state index in [0.29, 0.717) is 23.3 Å². The number of non-ortho nitro benzene ring substituents is 1. The number of nitriles is 1. The zero-order valence-electron chi connectivity index (χ0n) is 15.4. The number of allylic oxidation sites excluding steroid dienone is 3. The highest BCUT2D eigenvalue weighted by Gasteiger charge is 2.41. The molecule has 0 saturated carbocycles. The summed E-state index contributed by atoms with van der Waals surface area (Å²) in [6.45, 7) is 0. The topological polar surface area (TPSA) is 119 Å². The number of ketones is 1. The highest BCUT2D eigenvalue weighted by Crippen LogP contribution is 2.46. The van der Waals surface area contributed by atoms with Gasteiger partial charge in [-0.1, -0.05) is 42.5 Å². The standard InChI is InChI=1S/C22H17N3O4/c23-12-17-20(14-7-4-8-16(9-14)25(27)28)21-18(26)10-15(11-19(21)29-22(17)24)13-5-2-1-3-6-13/h1-9,15,20H,10-11,24H2. The van der Waals surface area contributed by atoms with Crippen molar-refractivity contribution in [1.82, 2.24) is 0 Å². The van der Waals surface area contributed by atoms with Crippen molar-refractivity contribution in [3.63, 3.8) is 0 Å². The second kappa shape index (κ2) is 7.24. The van der Waals surface area contributed by atoms with Crippen molar-refractivity contribution in [2.45, 2.75) is 24.7 Å². The Hall–Kier alpha value is -3.92. The maximum absolute atomic E-state index is 13.1. The Kier molecular flexibility index (Phi) is 4.61. The SMILES string of the molecule is N#CC1=C(N)OC2=C(C(=O)CC(c3ccccc3)C2)C1c1cccc([N+](=O)[O-])c1. The molecule has 144 valence electrons. The Labute approximate surface area is 166 Å². The van der Waals surface area contributed by atoms with Crippen LogP contribution in [0.25, 0.3) is 0 Å². The highest BCUT2D eigenvalue weighted by molar-refractivity contribution is 6.00. The summed E-state index contributed by atoms with van der Waals surface area (Å²) in [6.07, 6.45) is 0.742. The molecule has 29 heavy (non-hydrogen) atoms. The normalized spacial score (nSPS) is 21.3. The van der Waals surface area contributed by atoms with Crippen LogP contribution in [-0.4, -0.2) is 10.7 Å². The molecule has 0 aromatic heterocycles. The van der Waals surface area contributed by atoms with Gasteiger partial charge in [-0.15, -0.1) is 0 Å². The second-order valence-corrected chi connectivity index (χ2v) is 7.05. The minimum atomic E-state index is -0.770. The van der Waals surface area contributed by atoms with E-state index < -0.39 is 10.8 Å². The first-order valence-electron chi connectivity index (χ1n) is 9.12. The van der Waals surface area contributed by atoms with E-state index in [-0.39, 0.29) is 35.3 Å². The van der Waals surface area contributed by atoms with Crippen LogP contribution in [0.15, 0.2) is 77.4 Å². The number of carbonyl (C=O) groups is 1. The molecule has 2 aromatic rings. The molecule has 2 aliphatic rings. The van der Waals surface area contributed by atoms with Crippen molar-refractivity contribution in [3.8, 4) is 6.07 Å². The summed E-state index contributed by atoms with van der Waals surface area (Å²) < 4.78 is 5.71. The Morgan fingerprint density at radius 3 is 2.52 bits per heavy atom. The fourth-order valence-electron chi connectivity index (χ4n) is 4.02. The van der Waals surface area contributed by atoms with E-state index in [9.17, 15) is 20.2 Å². The third-order valence-electron chi connectivity index (χ3n) is 5.35. The van der Waals surface area contributed by atoms with Crippen LogP contribution in [-0.2, 0) is 9.53 Å². The number of nitrogens with zero attached hydrogens (tertiary/aromatic N) is 2. The van der Waals surface area contributed by atoms with Crippen molar-refractivity contribution >= 4 is 11.5 Å². The Bertz CT molecular complexity index is 1110. The lowest BCUT2D eigenvalue weighted by Crippen LogP contribution is -2.29. The van der Waals surface area contributed by atoms with Gasteiger partial charge in [0.15, 0.2) is 5.78 Å². The van der Waals surface area contributed by atoms with Crippen molar-refractivity contribution in [1.29, 1.82) is 5.26 Å². The van der Waals surface area contributed by atoms with Crippen molar-refractivity contribution in [2.75, 3.05) is 0 Å². The van der Waals surface area contributed by atoms with Crippen LogP contribution < -0.4 is 5.73 Å². The van der Waals surface area contributed by atoms with Crippen LogP contribution in [0.4, 0.5) is 5.69 Å². The smallest absolute Gasteiger partial charge is 0.269 e. The Balaban J connectivity index is 1.81. The first kappa shape index (κ1) is 18.4. The fourth-order valence-corrected chi connectivity index (χ4v) is 4.02. The summed E-state index contributed by atoms with van der Waals surface area (Å²) in [6, 6.07) is 17.6. The van der Waals surface area contributed by atoms with Gasteiger partial charge in [0.2, 0.25) is 5.88 Å². The molecule has 2 aromatic carbocycles. The van der Waals surface area contributed by atoms with E-state index in [1.807, 2.05) is 36.4 Å². The van der Waals surface area contributed by atoms with Crippen LogP contribution in [0.1, 0.15) is 35.8 Å². The largest absolute Gasteiger partial charge is 0.444 e. The lowest BCUT2D eigenvalue weighted by atomic mass is 9.73. The third kappa shape index (κ3) is 3.25. The minimum Gasteiger partial charge on any atom is -0.444 e. The molecule has 0 saturated heterocycles. The van der Waals surface area contributed by atoms with E-state index in [1.54, 1.807) is 6.07 Å². The van der Waals surface area contributed by atoms with Gasteiger partial charge in [-0.2, -0.15) is 5.26 Å². The molecular weight excluding hydrogens is 370 g/mol. The van der Waals surface area contributed by atoms with Gasteiger partial charge in [0.25, 0.3) is 5.69 Å². The molecule has 0 amide bonds. The third-order valence-corrected chi connectivity index (χ3v) is 5.35. The van der Waals surface area contributed by atoms with E-state index in [4.69, 9.17) is 10.5 Å². The minimum absolute atomic E-state index is 0.0513. The van der Waals surface area contributed by atoms with E-state index in [0.717, 1.165) is 5.56 Å². The average Bonchev–Trinajstić information content (AvgIpc) is 2.73. The van der Waals surface area contributed by atoms with Crippen LogP contribution in [0.5, 0.6) is 0 Å². The summed E-state index contributed by atoms with van der Waals surface area (Å²) in [5, 5.41) is 20.8. The van der Waals surface area contributed by atoms with Gasteiger partial charge in [0.05, 0.1) is 10.8 Å². The number of hydrogen-bond acceptors (Lipinski definition) is 6. The van der Waals surface area contributed by atoms with Crippen molar-refractivity contribution < 1.29 is 14.5 Å². The quantitative estimate of drug-likeness (QED) is 0.632. The summed E-state index contributed by atoms with van der Waals surface area (Å²) in [4.78, 5) is 23.8. The molecule has 2 unspecified atom stereocenters. The van der Waals surface area contributed by atoms with E-state index >= 15 is 0 Å². The van der Waals surface area contributed by atoms with Crippen molar-refractivity contribution in [2.24, 2.45) is 5.73 Å². The summed E-state index contributed by atoms with van der Waals surface area (Å²) in [5.74, 6) is -0.596. The van der Waals surface area contributed by atoms with Crippen molar-refractivity contribution in [3.05, 3.63) is 98.6 Å². The molecule has 1 aliphatic heterocycles. The molecule has 0 spiro atoms.